The van der Waals surface area contributed by atoms with Crippen molar-refractivity contribution in [3.05, 3.63) is 11.8 Å². The van der Waals surface area contributed by atoms with Gasteiger partial charge in [-0.1, -0.05) is 13.3 Å². The Balaban J connectivity index is 1.62. The molecule has 0 radical (unpaired) electrons. The molecule has 4 unspecified atom stereocenters. The normalized spacial score (nSPS) is 30.7. The number of rotatable bonds is 5. The molecule has 0 spiro atoms. The molecule has 5 nitrogen and oxygen atoms in total. The Hall–Kier alpha value is -1.39. The zero-order chi connectivity index (χ0) is 13.4. The van der Waals surface area contributed by atoms with E-state index in [-0.39, 0.29) is 12.3 Å². The number of carboxylic acids is 1. The minimum Gasteiger partial charge on any atom is -0.481 e. The molecule has 2 aliphatic carbocycles. The van der Waals surface area contributed by atoms with E-state index < -0.39 is 5.97 Å². The van der Waals surface area contributed by atoms with E-state index in [0.29, 0.717) is 18.2 Å². The fourth-order valence-electron chi connectivity index (χ4n) is 3.71. The average Bonchev–Trinajstić information content (AvgIpc) is 3.01. The van der Waals surface area contributed by atoms with E-state index in [1.807, 2.05) is 6.92 Å². The third-order valence-electron chi connectivity index (χ3n) is 4.58. The Morgan fingerprint density at radius 3 is 2.89 bits per heavy atom. The lowest BCUT2D eigenvalue weighted by molar-refractivity contribution is -0.137. The van der Waals surface area contributed by atoms with Gasteiger partial charge in [-0.15, -0.1) is 10.2 Å². The maximum Gasteiger partial charge on any atom is 0.303 e. The van der Waals surface area contributed by atoms with Crippen molar-refractivity contribution in [3.8, 4) is 0 Å². The Kier molecular flexibility index (Phi) is 3.29. The Morgan fingerprint density at radius 1 is 1.42 bits per heavy atom. The number of hydrogen-bond donors (Lipinski definition) is 1. The second-order valence-corrected chi connectivity index (χ2v) is 6.22. The van der Waals surface area contributed by atoms with Gasteiger partial charge in [0, 0.05) is 18.8 Å². The molecule has 2 saturated carbocycles. The zero-order valence-corrected chi connectivity index (χ0v) is 11.2. The van der Waals surface area contributed by atoms with Crippen LogP contribution >= 0.6 is 0 Å². The monoisotopic (exact) mass is 264 g/mol. The molecule has 4 atom stereocenters. The smallest absolute Gasteiger partial charge is 0.303 e. The van der Waals surface area contributed by atoms with Gasteiger partial charge >= 0.3 is 5.97 Å². The van der Waals surface area contributed by atoms with Crippen LogP contribution < -0.4 is 0 Å². The van der Waals surface area contributed by atoms with E-state index in [9.17, 15) is 4.79 Å². The van der Waals surface area contributed by atoms with Crippen molar-refractivity contribution < 1.29 is 14.3 Å². The Bertz CT molecular complexity index is 471. The van der Waals surface area contributed by atoms with Crippen LogP contribution in [0.2, 0.25) is 0 Å². The van der Waals surface area contributed by atoms with Gasteiger partial charge in [0.1, 0.15) is 0 Å². The number of nitrogens with zero attached hydrogens (tertiary/aromatic N) is 2. The second kappa shape index (κ2) is 4.94. The number of carboxylic acid groups (broad SMARTS) is 1. The molecule has 0 aromatic carbocycles. The van der Waals surface area contributed by atoms with Crippen molar-refractivity contribution in [2.24, 2.45) is 17.8 Å². The van der Waals surface area contributed by atoms with Crippen LogP contribution in [0.5, 0.6) is 0 Å². The van der Waals surface area contributed by atoms with Crippen LogP contribution in [0.4, 0.5) is 0 Å². The molecule has 2 fully saturated rings. The molecule has 19 heavy (non-hydrogen) atoms. The van der Waals surface area contributed by atoms with E-state index >= 15 is 0 Å². The summed E-state index contributed by atoms with van der Waals surface area (Å²) in [5, 5.41) is 17.0. The molecule has 0 aliphatic heterocycles. The largest absolute Gasteiger partial charge is 0.481 e. The number of carbonyl (C=O) groups is 1. The number of aromatic nitrogens is 2. The lowest BCUT2D eigenvalue weighted by Crippen LogP contribution is -2.08. The second-order valence-electron chi connectivity index (χ2n) is 6.22. The molecule has 1 N–H and O–H groups in total. The first-order valence-electron chi connectivity index (χ1n) is 7.16. The summed E-state index contributed by atoms with van der Waals surface area (Å²) in [6, 6.07) is 0. The molecular formula is C14H20N2O3. The molecule has 1 heterocycles. The van der Waals surface area contributed by atoms with Crippen molar-refractivity contribution in [3.63, 3.8) is 0 Å². The molecular weight excluding hydrogens is 244 g/mol. The maximum atomic E-state index is 10.6. The van der Waals surface area contributed by atoms with E-state index in [2.05, 4.69) is 10.2 Å². The van der Waals surface area contributed by atoms with Crippen LogP contribution in [-0.4, -0.2) is 21.3 Å². The predicted octanol–water partition coefficient (Wildman–Crippen LogP) is 2.63. The third kappa shape index (κ3) is 2.65. The van der Waals surface area contributed by atoms with Crippen molar-refractivity contribution >= 4 is 5.97 Å². The first kappa shape index (κ1) is 12.6. The van der Waals surface area contributed by atoms with Crippen LogP contribution in [-0.2, 0) is 11.2 Å². The van der Waals surface area contributed by atoms with Crippen LogP contribution in [0.3, 0.4) is 0 Å². The van der Waals surface area contributed by atoms with Gasteiger partial charge < -0.3 is 9.52 Å². The summed E-state index contributed by atoms with van der Waals surface area (Å²) >= 11 is 0. The molecule has 2 bridgehead atoms. The van der Waals surface area contributed by atoms with E-state index in [1.54, 1.807) is 0 Å². The summed E-state index contributed by atoms with van der Waals surface area (Å²) in [6.45, 7) is 1.90. The minimum atomic E-state index is -0.777. The molecule has 0 saturated heterocycles. The van der Waals surface area contributed by atoms with Gasteiger partial charge in [-0.2, -0.15) is 0 Å². The summed E-state index contributed by atoms with van der Waals surface area (Å²) in [4.78, 5) is 10.6. The van der Waals surface area contributed by atoms with Crippen molar-refractivity contribution in [2.75, 3.05) is 0 Å². The standard InChI is InChI=1S/C14H20N2O3/c1-8(5-13(17)18)4-12-15-16-14(19-12)11-7-9-2-3-10(11)6-9/h8-11H,2-7H2,1H3,(H,17,18). The molecule has 5 heteroatoms. The lowest BCUT2D eigenvalue weighted by Gasteiger charge is -2.17. The predicted molar refractivity (Wildman–Crippen MR) is 67.6 cm³/mol. The lowest BCUT2D eigenvalue weighted by atomic mass is 9.89. The summed E-state index contributed by atoms with van der Waals surface area (Å²) in [6.07, 6.45) is 5.86. The van der Waals surface area contributed by atoms with Gasteiger partial charge in [0.05, 0.1) is 0 Å². The fourth-order valence-corrected chi connectivity index (χ4v) is 3.71. The zero-order valence-electron chi connectivity index (χ0n) is 11.2. The van der Waals surface area contributed by atoms with Crippen molar-refractivity contribution in [1.82, 2.24) is 10.2 Å². The average molecular weight is 264 g/mol. The summed E-state index contributed by atoms with van der Waals surface area (Å²) < 4.78 is 5.76. The van der Waals surface area contributed by atoms with Gasteiger partial charge in [0.2, 0.25) is 11.8 Å². The summed E-state index contributed by atoms with van der Waals surface area (Å²) in [7, 11) is 0. The molecule has 1 aromatic heterocycles. The van der Waals surface area contributed by atoms with E-state index in [1.165, 1.54) is 25.7 Å². The maximum absolute atomic E-state index is 10.6. The molecule has 3 rings (SSSR count). The number of aliphatic carboxylic acids is 1. The highest BCUT2D eigenvalue weighted by molar-refractivity contribution is 5.66. The highest BCUT2D eigenvalue weighted by atomic mass is 16.4. The Morgan fingerprint density at radius 2 is 2.26 bits per heavy atom. The van der Waals surface area contributed by atoms with E-state index in [4.69, 9.17) is 9.52 Å². The van der Waals surface area contributed by atoms with Crippen molar-refractivity contribution in [1.29, 1.82) is 0 Å². The summed E-state index contributed by atoms with van der Waals surface area (Å²) in [5.41, 5.74) is 0. The van der Waals surface area contributed by atoms with E-state index in [0.717, 1.165) is 17.7 Å². The topological polar surface area (TPSA) is 76.2 Å². The van der Waals surface area contributed by atoms with Gasteiger partial charge in [-0.3, -0.25) is 4.79 Å². The summed E-state index contributed by atoms with van der Waals surface area (Å²) in [5.74, 6) is 2.67. The molecule has 104 valence electrons. The third-order valence-corrected chi connectivity index (χ3v) is 4.58. The Labute approximate surface area is 112 Å². The van der Waals surface area contributed by atoms with Gasteiger partial charge in [0.15, 0.2) is 0 Å². The minimum absolute atomic E-state index is 0.0332. The van der Waals surface area contributed by atoms with Crippen molar-refractivity contribution in [2.45, 2.75) is 51.4 Å². The first-order valence-corrected chi connectivity index (χ1v) is 7.16. The highest BCUT2D eigenvalue weighted by Gasteiger charge is 2.42. The molecule has 2 aliphatic rings. The first-order chi connectivity index (χ1) is 9.11. The molecule has 0 amide bonds. The van der Waals surface area contributed by atoms with Gasteiger partial charge in [-0.25, -0.2) is 0 Å². The fraction of sp³-hybridized carbons (Fsp3) is 0.786. The van der Waals surface area contributed by atoms with Gasteiger partial charge in [0.25, 0.3) is 0 Å². The van der Waals surface area contributed by atoms with Crippen LogP contribution in [0.25, 0.3) is 0 Å². The number of hydrogen-bond acceptors (Lipinski definition) is 4. The number of fused-ring (bicyclic) bond motifs is 2. The quantitative estimate of drug-likeness (QED) is 0.884. The SMILES string of the molecule is CC(CC(=O)O)Cc1nnc(C2CC3CCC2C3)o1. The highest BCUT2D eigenvalue weighted by Crippen LogP contribution is 2.52. The van der Waals surface area contributed by atoms with Crippen LogP contribution in [0.1, 0.15) is 56.7 Å². The van der Waals surface area contributed by atoms with Gasteiger partial charge in [-0.05, 0) is 37.0 Å². The van der Waals surface area contributed by atoms with Crippen LogP contribution in [0.15, 0.2) is 4.42 Å². The molecule has 1 aromatic rings. The van der Waals surface area contributed by atoms with Crippen LogP contribution in [0, 0.1) is 17.8 Å².